The second-order valence-electron chi connectivity index (χ2n) is 2.02. The van der Waals surface area contributed by atoms with Crippen LogP contribution >= 0.6 is 34.8 Å². The van der Waals surface area contributed by atoms with Crippen molar-refractivity contribution in [2.45, 2.75) is 6.61 Å². The van der Waals surface area contributed by atoms with Gasteiger partial charge in [0.05, 0.1) is 16.7 Å². The average molecular weight is 211 g/mol. The van der Waals surface area contributed by atoms with E-state index in [9.17, 15) is 0 Å². The molecule has 0 atom stereocenters. The molecule has 0 spiro atoms. The topological polar surface area (TPSA) is 20.2 Å². The highest BCUT2D eigenvalue weighted by atomic mass is 35.5. The van der Waals surface area contributed by atoms with Gasteiger partial charge in [0.15, 0.2) is 0 Å². The zero-order valence-corrected chi connectivity index (χ0v) is 7.71. The Kier molecular flexibility index (Phi) is 3.02. The summed E-state index contributed by atoms with van der Waals surface area (Å²) in [6.07, 6.45) is 0. The quantitative estimate of drug-likeness (QED) is 0.708. The maximum Gasteiger partial charge on any atom is 0.0696 e. The molecule has 4 heteroatoms. The minimum atomic E-state index is -0.129. The summed E-state index contributed by atoms with van der Waals surface area (Å²) in [4.78, 5) is 0. The molecule has 1 aromatic carbocycles. The highest BCUT2D eigenvalue weighted by molar-refractivity contribution is 6.43. The van der Waals surface area contributed by atoms with Crippen LogP contribution in [0.15, 0.2) is 12.1 Å². The molecular formula is C7H5Cl3O. The van der Waals surface area contributed by atoms with Crippen molar-refractivity contribution in [1.82, 2.24) is 0 Å². The van der Waals surface area contributed by atoms with Gasteiger partial charge in [-0.1, -0.05) is 34.8 Å². The fourth-order valence-corrected chi connectivity index (χ4v) is 1.31. The van der Waals surface area contributed by atoms with Crippen LogP contribution in [0.25, 0.3) is 0 Å². The normalized spacial score (nSPS) is 10.2. The zero-order chi connectivity index (χ0) is 8.43. The van der Waals surface area contributed by atoms with Gasteiger partial charge in [-0.15, -0.1) is 0 Å². The van der Waals surface area contributed by atoms with Crippen molar-refractivity contribution in [3.63, 3.8) is 0 Å². The van der Waals surface area contributed by atoms with Crippen LogP contribution in [0.3, 0.4) is 0 Å². The lowest BCUT2D eigenvalue weighted by molar-refractivity contribution is 0.282. The Morgan fingerprint density at radius 1 is 1.00 bits per heavy atom. The molecule has 0 saturated heterocycles. The second-order valence-corrected chi connectivity index (χ2v) is 3.24. The van der Waals surface area contributed by atoms with Gasteiger partial charge in [0.25, 0.3) is 0 Å². The molecule has 0 aliphatic carbocycles. The molecule has 0 bridgehead atoms. The van der Waals surface area contributed by atoms with Crippen LogP contribution in [0.4, 0.5) is 0 Å². The summed E-state index contributed by atoms with van der Waals surface area (Å²) in [5.41, 5.74) is 0.584. The molecule has 60 valence electrons. The predicted molar refractivity (Wildman–Crippen MR) is 47.4 cm³/mol. The van der Waals surface area contributed by atoms with Gasteiger partial charge in [-0.2, -0.15) is 0 Å². The Balaban J connectivity index is 3.21. The number of rotatable bonds is 1. The van der Waals surface area contributed by atoms with Gasteiger partial charge in [0.2, 0.25) is 0 Å². The number of hydrogen-bond donors (Lipinski definition) is 1. The first-order valence-corrected chi connectivity index (χ1v) is 4.03. The van der Waals surface area contributed by atoms with Crippen LogP contribution in [-0.2, 0) is 6.61 Å². The fourth-order valence-electron chi connectivity index (χ4n) is 0.685. The first kappa shape index (κ1) is 9.14. The van der Waals surface area contributed by atoms with Gasteiger partial charge in [-0.3, -0.25) is 0 Å². The summed E-state index contributed by atoms with van der Waals surface area (Å²) in [6.45, 7) is -0.129. The van der Waals surface area contributed by atoms with Gasteiger partial charge in [-0.25, -0.2) is 0 Å². The minimum absolute atomic E-state index is 0.129. The lowest BCUT2D eigenvalue weighted by atomic mass is 10.2. The van der Waals surface area contributed by atoms with Gasteiger partial charge < -0.3 is 5.11 Å². The van der Waals surface area contributed by atoms with E-state index in [1.165, 1.54) is 6.07 Å². The third-order valence-electron chi connectivity index (χ3n) is 1.26. The van der Waals surface area contributed by atoms with E-state index >= 15 is 0 Å². The van der Waals surface area contributed by atoms with Crippen molar-refractivity contribution in [2.24, 2.45) is 0 Å². The van der Waals surface area contributed by atoms with Crippen molar-refractivity contribution in [3.05, 3.63) is 32.8 Å². The maximum absolute atomic E-state index is 8.75. The molecule has 0 aromatic heterocycles. The monoisotopic (exact) mass is 210 g/mol. The first-order valence-electron chi connectivity index (χ1n) is 2.89. The third-order valence-corrected chi connectivity index (χ3v) is 2.33. The van der Waals surface area contributed by atoms with Crippen molar-refractivity contribution < 1.29 is 5.11 Å². The van der Waals surface area contributed by atoms with Crippen LogP contribution in [0.2, 0.25) is 15.1 Å². The first-order chi connectivity index (χ1) is 5.15. The van der Waals surface area contributed by atoms with Crippen LogP contribution in [-0.4, -0.2) is 5.11 Å². The number of aliphatic hydroxyl groups is 1. The minimum Gasteiger partial charge on any atom is -0.392 e. The third kappa shape index (κ3) is 2.00. The Morgan fingerprint density at radius 3 is 2.09 bits per heavy atom. The SMILES string of the molecule is OCc1cc(Cl)c(Cl)cc1Cl. The van der Waals surface area contributed by atoms with E-state index in [4.69, 9.17) is 39.9 Å². The molecule has 1 aromatic rings. The Labute approximate surface area is 79.5 Å². The summed E-state index contributed by atoms with van der Waals surface area (Å²) < 4.78 is 0. The van der Waals surface area contributed by atoms with Gasteiger partial charge in [0.1, 0.15) is 0 Å². The van der Waals surface area contributed by atoms with E-state index in [0.29, 0.717) is 20.6 Å². The molecule has 1 nitrogen and oxygen atoms in total. The fraction of sp³-hybridized carbons (Fsp3) is 0.143. The molecule has 0 radical (unpaired) electrons. The van der Waals surface area contributed by atoms with E-state index in [0.717, 1.165) is 0 Å². The van der Waals surface area contributed by atoms with E-state index < -0.39 is 0 Å². The molecule has 0 aliphatic heterocycles. The summed E-state index contributed by atoms with van der Waals surface area (Å²) in [5.74, 6) is 0. The molecule has 1 N–H and O–H groups in total. The number of hydrogen-bond acceptors (Lipinski definition) is 1. The van der Waals surface area contributed by atoms with E-state index in [-0.39, 0.29) is 6.61 Å². The molecule has 1 rings (SSSR count). The Morgan fingerprint density at radius 2 is 1.55 bits per heavy atom. The van der Waals surface area contributed by atoms with E-state index in [1.807, 2.05) is 0 Å². The average Bonchev–Trinajstić information content (AvgIpc) is 1.97. The number of benzene rings is 1. The van der Waals surface area contributed by atoms with Gasteiger partial charge >= 0.3 is 0 Å². The molecule has 0 saturated carbocycles. The van der Waals surface area contributed by atoms with Crippen molar-refractivity contribution in [1.29, 1.82) is 0 Å². The van der Waals surface area contributed by atoms with Crippen LogP contribution < -0.4 is 0 Å². The maximum atomic E-state index is 8.75. The summed E-state index contributed by atoms with van der Waals surface area (Å²) in [7, 11) is 0. The number of halogens is 3. The lowest BCUT2D eigenvalue weighted by Gasteiger charge is -2.01. The standard InChI is InChI=1S/C7H5Cl3O/c8-5-2-7(10)6(9)1-4(5)3-11/h1-2,11H,3H2. The largest absolute Gasteiger partial charge is 0.392 e. The molecule has 0 unspecified atom stereocenters. The van der Waals surface area contributed by atoms with Crippen molar-refractivity contribution in [3.8, 4) is 0 Å². The zero-order valence-electron chi connectivity index (χ0n) is 5.44. The Bertz CT molecular complexity index is 273. The summed E-state index contributed by atoms with van der Waals surface area (Å²) in [5, 5.41) is 9.98. The Hall–Kier alpha value is 0.0500. The van der Waals surface area contributed by atoms with Crippen LogP contribution in [0.5, 0.6) is 0 Å². The van der Waals surface area contributed by atoms with Crippen LogP contribution in [0.1, 0.15) is 5.56 Å². The highest BCUT2D eigenvalue weighted by Crippen LogP contribution is 2.28. The molecule has 0 heterocycles. The van der Waals surface area contributed by atoms with E-state index in [2.05, 4.69) is 0 Å². The predicted octanol–water partition coefficient (Wildman–Crippen LogP) is 3.14. The summed E-state index contributed by atoms with van der Waals surface area (Å²) in [6, 6.07) is 3.06. The molecule has 0 aliphatic rings. The van der Waals surface area contributed by atoms with Crippen molar-refractivity contribution in [2.75, 3.05) is 0 Å². The second kappa shape index (κ2) is 3.63. The molecular weight excluding hydrogens is 206 g/mol. The van der Waals surface area contributed by atoms with Crippen molar-refractivity contribution >= 4 is 34.8 Å². The van der Waals surface area contributed by atoms with Gasteiger partial charge in [0, 0.05) is 5.02 Å². The smallest absolute Gasteiger partial charge is 0.0696 e. The number of aliphatic hydroxyl groups excluding tert-OH is 1. The van der Waals surface area contributed by atoms with E-state index in [1.54, 1.807) is 6.07 Å². The molecule has 11 heavy (non-hydrogen) atoms. The highest BCUT2D eigenvalue weighted by Gasteiger charge is 2.03. The van der Waals surface area contributed by atoms with Crippen LogP contribution in [0, 0.1) is 0 Å². The lowest BCUT2D eigenvalue weighted by Crippen LogP contribution is -1.84. The molecule has 0 amide bonds. The van der Waals surface area contributed by atoms with Gasteiger partial charge in [-0.05, 0) is 17.7 Å². The molecule has 0 fully saturated rings. The summed E-state index contributed by atoms with van der Waals surface area (Å²) >= 11 is 17.0.